The molecule has 1 aliphatic heterocycles. The van der Waals surface area contributed by atoms with Gasteiger partial charge in [0, 0.05) is 31.7 Å². The number of aromatic nitrogens is 2. The lowest BCUT2D eigenvalue weighted by Crippen LogP contribution is -2.48. The fraction of sp³-hybridized carbons (Fsp3) is 0.643. The Kier molecular flexibility index (Phi) is 4.71. The van der Waals surface area contributed by atoms with Gasteiger partial charge in [-0.05, 0) is 26.2 Å². The Labute approximate surface area is 114 Å². The van der Waals surface area contributed by atoms with Crippen molar-refractivity contribution in [2.45, 2.75) is 45.6 Å². The van der Waals surface area contributed by atoms with Gasteiger partial charge >= 0.3 is 0 Å². The number of amides is 1. The van der Waals surface area contributed by atoms with Crippen LogP contribution in [0.4, 0.5) is 5.82 Å². The third kappa shape index (κ3) is 3.91. The lowest BCUT2D eigenvalue weighted by atomic mass is 10.1. The number of nitrogens with one attached hydrogen (secondary N) is 1. The molecule has 1 N–H and O–H groups in total. The van der Waals surface area contributed by atoms with Gasteiger partial charge in [-0.1, -0.05) is 6.92 Å². The molecule has 19 heavy (non-hydrogen) atoms. The van der Waals surface area contributed by atoms with Gasteiger partial charge in [-0.15, -0.1) is 0 Å². The predicted molar refractivity (Wildman–Crippen MR) is 75.1 cm³/mol. The van der Waals surface area contributed by atoms with Gasteiger partial charge in [0.05, 0.1) is 11.9 Å². The van der Waals surface area contributed by atoms with E-state index in [4.69, 9.17) is 0 Å². The molecule has 1 aliphatic rings. The van der Waals surface area contributed by atoms with E-state index < -0.39 is 0 Å². The van der Waals surface area contributed by atoms with E-state index in [2.05, 4.69) is 20.2 Å². The SMILES string of the molecule is CCCC(=O)N[C@@H]1CCCN(c2cncc(C)n2)C1. The summed E-state index contributed by atoms with van der Waals surface area (Å²) in [5.74, 6) is 1.07. The van der Waals surface area contributed by atoms with Gasteiger partial charge in [0.25, 0.3) is 0 Å². The zero-order valence-electron chi connectivity index (χ0n) is 11.7. The van der Waals surface area contributed by atoms with Crippen molar-refractivity contribution in [3.63, 3.8) is 0 Å². The monoisotopic (exact) mass is 262 g/mol. The van der Waals surface area contributed by atoms with Crippen LogP contribution in [0.3, 0.4) is 0 Å². The Bertz CT molecular complexity index is 435. The minimum absolute atomic E-state index is 0.157. The number of nitrogens with zero attached hydrogens (tertiary/aromatic N) is 3. The van der Waals surface area contributed by atoms with Crippen LogP contribution in [-0.2, 0) is 4.79 Å². The van der Waals surface area contributed by atoms with Crippen LogP contribution >= 0.6 is 0 Å². The van der Waals surface area contributed by atoms with Crippen molar-refractivity contribution >= 4 is 11.7 Å². The molecule has 5 nitrogen and oxygen atoms in total. The van der Waals surface area contributed by atoms with E-state index in [-0.39, 0.29) is 11.9 Å². The Morgan fingerprint density at radius 3 is 3.11 bits per heavy atom. The molecular weight excluding hydrogens is 240 g/mol. The van der Waals surface area contributed by atoms with Crippen LogP contribution < -0.4 is 10.2 Å². The van der Waals surface area contributed by atoms with Gasteiger partial charge in [0.2, 0.25) is 5.91 Å². The third-order valence-corrected chi connectivity index (χ3v) is 3.33. The summed E-state index contributed by atoms with van der Waals surface area (Å²) in [7, 11) is 0. The van der Waals surface area contributed by atoms with Gasteiger partial charge in [-0.3, -0.25) is 9.78 Å². The molecular formula is C14H22N4O. The summed E-state index contributed by atoms with van der Waals surface area (Å²) in [5, 5.41) is 3.11. The number of piperidine rings is 1. The molecule has 104 valence electrons. The van der Waals surface area contributed by atoms with Gasteiger partial charge in [0.1, 0.15) is 5.82 Å². The summed E-state index contributed by atoms with van der Waals surface area (Å²) in [6.07, 6.45) is 7.18. The topological polar surface area (TPSA) is 58.1 Å². The molecule has 0 saturated carbocycles. The number of rotatable bonds is 4. The van der Waals surface area contributed by atoms with Crippen molar-refractivity contribution in [1.29, 1.82) is 0 Å². The van der Waals surface area contributed by atoms with E-state index in [1.807, 2.05) is 13.8 Å². The average Bonchev–Trinajstić information content (AvgIpc) is 2.39. The standard InChI is InChI=1S/C14H22N4O/c1-3-5-14(19)17-12-6-4-7-18(10-12)13-9-15-8-11(2)16-13/h8-9,12H,3-7,10H2,1-2H3,(H,17,19)/t12-/m1/s1. The second-order valence-corrected chi connectivity index (χ2v) is 5.12. The van der Waals surface area contributed by atoms with Gasteiger partial charge in [0.15, 0.2) is 0 Å². The highest BCUT2D eigenvalue weighted by Crippen LogP contribution is 2.17. The second-order valence-electron chi connectivity index (χ2n) is 5.12. The maximum Gasteiger partial charge on any atom is 0.220 e. The van der Waals surface area contributed by atoms with Crippen LogP contribution in [-0.4, -0.2) is 35.0 Å². The lowest BCUT2D eigenvalue weighted by Gasteiger charge is -2.33. The molecule has 1 atom stereocenters. The van der Waals surface area contributed by atoms with E-state index in [1.54, 1.807) is 12.4 Å². The summed E-state index contributed by atoms with van der Waals surface area (Å²) in [6, 6.07) is 0.232. The van der Waals surface area contributed by atoms with Crippen LogP contribution in [0.2, 0.25) is 0 Å². The van der Waals surface area contributed by atoms with Crippen LogP contribution in [0.5, 0.6) is 0 Å². The van der Waals surface area contributed by atoms with Gasteiger partial charge < -0.3 is 10.2 Å². The zero-order chi connectivity index (χ0) is 13.7. The average molecular weight is 262 g/mol. The highest BCUT2D eigenvalue weighted by atomic mass is 16.1. The molecule has 1 saturated heterocycles. The molecule has 2 heterocycles. The van der Waals surface area contributed by atoms with Crippen molar-refractivity contribution in [3.8, 4) is 0 Å². The van der Waals surface area contributed by atoms with Crippen molar-refractivity contribution in [3.05, 3.63) is 18.1 Å². The molecule has 0 unspecified atom stereocenters. The number of hydrogen-bond acceptors (Lipinski definition) is 4. The Morgan fingerprint density at radius 2 is 2.37 bits per heavy atom. The summed E-state index contributed by atoms with van der Waals surface area (Å²) < 4.78 is 0. The molecule has 5 heteroatoms. The number of anilines is 1. The maximum absolute atomic E-state index is 11.7. The smallest absolute Gasteiger partial charge is 0.220 e. The number of carbonyl (C=O) groups is 1. The zero-order valence-corrected chi connectivity index (χ0v) is 11.7. The van der Waals surface area contributed by atoms with Crippen LogP contribution in [0, 0.1) is 6.92 Å². The number of carbonyl (C=O) groups excluding carboxylic acids is 1. The molecule has 1 amide bonds. The quantitative estimate of drug-likeness (QED) is 0.896. The van der Waals surface area contributed by atoms with Gasteiger partial charge in [-0.25, -0.2) is 4.98 Å². The molecule has 0 radical (unpaired) electrons. The Hall–Kier alpha value is -1.65. The first-order valence-electron chi connectivity index (χ1n) is 7.02. The number of aryl methyl sites for hydroxylation is 1. The van der Waals surface area contributed by atoms with Crippen LogP contribution in [0.25, 0.3) is 0 Å². The molecule has 0 bridgehead atoms. The highest BCUT2D eigenvalue weighted by molar-refractivity contribution is 5.76. The minimum Gasteiger partial charge on any atom is -0.353 e. The van der Waals surface area contributed by atoms with Crippen molar-refractivity contribution in [2.75, 3.05) is 18.0 Å². The van der Waals surface area contributed by atoms with E-state index in [1.165, 1.54) is 0 Å². The van der Waals surface area contributed by atoms with Crippen molar-refractivity contribution in [1.82, 2.24) is 15.3 Å². The highest BCUT2D eigenvalue weighted by Gasteiger charge is 2.22. The van der Waals surface area contributed by atoms with Crippen molar-refractivity contribution in [2.24, 2.45) is 0 Å². The molecule has 0 aliphatic carbocycles. The Balaban J connectivity index is 1.95. The van der Waals surface area contributed by atoms with Crippen molar-refractivity contribution < 1.29 is 4.79 Å². The normalized spacial score (nSPS) is 19.3. The lowest BCUT2D eigenvalue weighted by molar-refractivity contribution is -0.121. The molecule has 0 aromatic carbocycles. The fourth-order valence-corrected chi connectivity index (χ4v) is 2.43. The predicted octanol–water partition coefficient (Wildman–Crippen LogP) is 1.67. The second kappa shape index (κ2) is 6.50. The van der Waals surface area contributed by atoms with E-state index in [9.17, 15) is 4.79 Å². The molecule has 0 spiro atoms. The maximum atomic E-state index is 11.7. The molecule has 2 rings (SSSR count). The van der Waals surface area contributed by atoms with Crippen LogP contribution in [0.15, 0.2) is 12.4 Å². The van der Waals surface area contributed by atoms with E-state index in [0.29, 0.717) is 6.42 Å². The first-order valence-corrected chi connectivity index (χ1v) is 7.02. The summed E-state index contributed by atoms with van der Waals surface area (Å²) in [5.41, 5.74) is 0.926. The first-order chi connectivity index (χ1) is 9.19. The van der Waals surface area contributed by atoms with Crippen LogP contribution in [0.1, 0.15) is 38.3 Å². The Morgan fingerprint density at radius 1 is 1.53 bits per heavy atom. The first kappa shape index (κ1) is 13.8. The summed E-state index contributed by atoms with van der Waals surface area (Å²) in [4.78, 5) is 22.5. The minimum atomic E-state index is 0.157. The third-order valence-electron chi connectivity index (χ3n) is 3.33. The summed E-state index contributed by atoms with van der Waals surface area (Å²) in [6.45, 7) is 5.78. The molecule has 1 aromatic rings. The summed E-state index contributed by atoms with van der Waals surface area (Å²) >= 11 is 0. The fourth-order valence-electron chi connectivity index (χ4n) is 2.43. The number of hydrogen-bond donors (Lipinski definition) is 1. The molecule has 1 aromatic heterocycles. The largest absolute Gasteiger partial charge is 0.353 e. The molecule has 1 fully saturated rings. The van der Waals surface area contributed by atoms with E-state index >= 15 is 0 Å². The van der Waals surface area contributed by atoms with E-state index in [0.717, 1.165) is 43.9 Å². The van der Waals surface area contributed by atoms with Gasteiger partial charge in [-0.2, -0.15) is 0 Å².